The number of rotatable bonds is 7. The van der Waals surface area contributed by atoms with Crippen LogP contribution in [0.5, 0.6) is 0 Å². The standard InChI is InChI=1S/C16H24ClNO3/c17-16-4-2-1-3-12(16)10-21-11-15(20)9-18-13-5-7-14(19)8-6-13/h1-4,13-15,18-20H,5-11H2/t13?,14?,15-/m0/s1. The van der Waals surface area contributed by atoms with Gasteiger partial charge in [-0.1, -0.05) is 29.8 Å². The summed E-state index contributed by atoms with van der Waals surface area (Å²) >= 11 is 6.04. The molecule has 2 rings (SSSR count). The van der Waals surface area contributed by atoms with Crippen LogP contribution in [0.4, 0.5) is 0 Å². The van der Waals surface area contributed by atoms with Crippen molar-refractivity contribution in [3.8, 4) is 0 Å². The Kier molecular flexibility index (Phi) is 6.93. The molecule has 1 aliphatic rings. The van der Waals surface area contributed by atoms with Crippen molar-refractivity contribution in [1.82, 2.24) is 5.32 Å². The summed E-state index contributed by atoms with van der Waals surface area (Å²) in [4.78, 5) is 0. The van der Waals surface area contributed by atoms with Crippen molar-refractivity contribution in [1.29, 1.82) is 0 Å². The summed E-state index contributed by atoms with van der Waals surface area (Å²) in [7, 11) is 0. The number of halogens is 1. The number of benzene rings is 1. The van der Waals surface area contributed by atoms with Crippen LogP contribution in [0.15, 0.2) is 24.3 Å². The Bertz CT molecular complexity index is 422. The van der Waals surface area contributed by atoms with Crippen molar-refractivity contribution in [3.05, 3.63) is 34.9 Å². The molecule has 0 unspecified atom stereocenters. The Labute approximate surface area is 131 Å². The first-order valence-electron chi connectivity index (χ1n) is 7.56. The molecule has 0 saturated heterocycles. The first kappa shape index (κ1) is 16.7. The molecule has 0 radical (unpaired) electrons. The molecule has 4 nitrogen and oxygen atoms in total. The summed E-state index contributed by atoms with van der Waals surface area (Å²) in [6, 6.07) is 7.94. The number of aliphatic hydroxyl groups excluding tert-OH is 2. The van der Waals surface area contributed by atoms with Crippen LogP contribution in [0, 0.1) is 0 Å². The second kappa shape index (κ2) is 8.71. The zero-order valence-electron chi connectivity index (χ0n) is 12.2. The van der Waals surface area contributed by atoms with Crippen LogP contribution in [0.2, 0.25) is 5.02 Å². The van der Waals surface area contributed by atoms with Crippen LogP contribution < -0.4 is 5.32 Å². The van der Waals surface area contributed by atoms with E-state index < -0.39 is 6.10 Å². The van der Waals surface area contributed by atoms with Gasteiger partial charge in [0.15, 0.2) is 0 Å². The predicted octanol–water partition coefficient (Wildman–Crippen LogP) is 2.11. The summed E-state index contributed by atoms with van der Waals surface area (Å²) in [5.41, 5.74) is 0.931. The lowest BCUT2D eigenvalue weighted by molar-refractivity contribution is 0.0258. The molecule has 0 spiro atoms. The smallest absolute Gasteiger partial charge is 0.0897 e. The average Bonchev–Trinajstić information content (AvgIpc) is 2.49. The van der Waals surface area contributed by atoms with E-state index in [4.69, 9.17) is 16.3 Å². The van der Waals surface area contributed by atoms with Gasteiger partial charge in [0, 0.05) is 17.6 Å². The molecular weight excluding hydrogens is 290 g/mol. The second-order valence-corrected chi connectivity index (χ2v) is 6.08. The van der Waals surface area contributed by atoms with E-state index in [9.17, 15) is 10.2 Å². The minimum atomic E-state index is -0.528. The summed E-state index contributed by atoms with van der Waals surface area (Å²) in [5, 5.41) is 23.4. The molecule has 118 valence electrons. The highest BCUT2D eigenvalue weighted by molar-refractivity contribution is 6.31. The number of hydrogen-bond donors (Lipinski definition) is 3. The molecule has 0 aromatic heterocycles. The van der Waals surface area contributed by atoms with Gasteiger partial charge in [-0.15, -0.1) is 0 Å². The fourth-order valence-corrected chi connectivity index (χ4v) is 2.75. The molecule has 1 aromatic rings. The summed E-state index contributed by atoms with van der Waals surface area (Å²) in [5.74, 6) is 0. The molecule has 0 aliphatic heterocycles. The van der Waals surface area contributed by atoms with E-state index in [1.807, 2.05) is 24.3 Å². The van der Waals surface area contributed by atoms with Crippen molar-refractivity contribution in [2.45, 2.75) is 50.5 Å². The molecule has 1 atom stereocenters. The van der Waals surface area contributed by atoms with E-state index in [1.165, 1.54) is 0 Å². The van der Waals surface area contributed by atoms with Crippen LogP contribution in [0.3, 0.4) is 0 Å². The Morgan fingerprint density at radius 2 is 1.95 bits per heavy atom. The van der Waals surface area contributed by atoms with Crippen molar-refractivity contribution in [3.63, 3.8) is 0 Å². The third-order valence-corrected chi connectivity index (χ3v) is 4.23. The Balaban J connectivity index is 1.59. The predicted molar refractivity (Wildman–Crippen MR) is 83.4 cm³/mol. The van der Waals surface area contributed by atoms with Gasteiger partial charge in [0.25, 0.3) is 0 Å². The van der Waals surface area contributed by atoms with Crippen LogP contribution in [0.25, 0.3) is 0 Å². The van der Waals surface area contributed by atoms with Crippen LogP contribution in [-0.4, -0.2) is 41.6 Å². The third-order valence-electron chi connectivity index (χ3n) is 3.86. The lowest BCUT2D eigenvalue weighted by Gasteiger charge is -2.27. The molecular formula is C16H24ClNO3. The maximum Gasteiger partial charge on any atom is 0.0897 e. The zero-order chi connectivity index (χ0) is 15.1. The maximum atomic E-state index is 9.91. The van der Waals surface area contributed by atoms with Crippen LogP contribution in [-0.2, 0) is 11.3 Å². The van der Waals surface area contributed by atoms with Gasteiger partial charge in [-0.25, -0.2) is 0 Å². The van der Waals surface area contributed by atoms with Gasteiger partial charge < -0.3 is 20.3 Å². The molecule has 1 fully saturated rings. The molecule has 3 N–H and O–H groups in total. The van der Waals surface area contributed by atoms with Gasteiger partial charge in [0.2, 0.25) is 0 Å². The fraction of sp³-hybridized carbons (Fsp3) is 0.625. The van der Waals surface area contributed by atoms with Crippen molar-refractivity contribution >= 4 is 11.6 Å². The van der Waals surface area contributed by atoms with Gasteiger partial charge in [-0.05, 0) is 37.3 Å². The minimum Gasteiger partial charge on any atom is -0.393 e. The molecule has 1 aliphatic carbocycles. The number of ether oxygens (including phenoxy) is 1. The van der Waals surface area contributed by atoms with E-state index in [0.717, 1.165) is 31.2 Å². The molecule has 5 heteroatoms. The quantitative estimate of drug-likeness (QED) is 0.721. The van der Waals surface area contributed by atoms with E-state index in [2.05, 4.69) is 5.32 Å². The normalized spacial score (nSPS) is 24.0. The van der Waals surface area contributed by atoms with Crippen molar-refractivity contribution in [2.75, 3.05) is 13.2 Å². The first-order chi connectivity index (χ1) is 10.1. The van der Waals surface area contributed by atoms with Gasteiger partial charge >= 0.3 is 0 Å². The van der Waals surface area contributed by atoms with Crippen molar-refractivity contribution < 1.29 is 14.9 Å². The van der Waals surface area contributed by atoms with Gasteiger partial charge in [-0.3, -0.25) is 0 Å². The highest BCUT2D eigenvalue weighted by atomic mass is 35.5. The lowest BCUT2D eigenvalue weighted by Crippen LogP contribution is -2.40. The summed E-state index contributed by atoms with van der Waals surface area (Å²) in [6.07, 6.45) is 2.95. The van der Waals surface area contributed by atoms with E-state index in [1.54, 1.807) is 0 Å². The third kappa shape index (κ3) is 5.93. The molecule has 0 amide bonds. The second-order valence-electron chi connectivity index (χ2n) is 5.67. The van der Waals surface area contributed by atoms with Crippen LogP contribution >= 0.6 is 11.6 Å². The Morgan fingerprint density at radius 1 is 1.24 bits per heavy atom. The fourth-order valence-electron chi connectivity index (χ4n) is 2.56. The molecule has 21 heavy (non-hydrogen) atoms. The average molecular weight is 314 g/mol. The topological polar surface area (TPSA) is 61.7 Å². The van der Waals surface area contributed by atoms with E-state index >= 15 is 0 Å². The Morgan fingerprint density at radius 3 is 2.67 bits per heavy atom. The highest BCUT2D eigenvalue weighted by Gasteiger charge is 2.19. The number of hydrogen-bond acceptors (Lipinski definition) is 4. The molecule has 0 bridgehead atoms. The highest BCUT2D eigenvalue weighted by Crippen LogP contribution is 2.18. The Hall–Kier alpha value is -0.650. The number of nitrogens with one attached hydrogen (secondary N) is 1. The first-order valence-corrected chi connectivity index (χ1v) is 7.93. The van der Waals surface area contributed by atoms with Gasteiger partial charge in [0.1, 0.15) is 0 Å². The largest absolute Gasteiger partial charge is 0.393 e. The van der Waals surface area contributed by atoms with Gasteiger partial charge in [-0.2, -0.15) is 0 Å². The van der Waals surface area contributed by atoms with E-state index in [0.29, 0.717) is 24.2 Å². The summed E-state index contributed by atoms with van der Waals surface area (Å²) in [6.45, 7) is 1.21. The van der Waals surface area contributed by atoms with Crippen LogP contribution in [0.1, 0.15) is 31.2 Å². The monoisotopic (exact) mass is 313 g/mol. The number of aliphatic hydroxyl groups is 2. The zero-order valence-corrected chi connectivity index (χ0v) is 12.9. The van der Waals surface area contributed by atoms with Gasteiger partial charge in [0.05, 0.1) is 25.4 Å². The molecule has 0 heterocycles. The summed E-state index contributed by atoms with van der Waals surface area (Å²) < 4.78 is 5.50. The van der Waals surface area contributed by atoms with Crippen molar-refractivity contribution in [2.24, 2.45) is 0 Å². The molecule has 1 saturated carbocycles. The van der Waals surface area contributed by atoms with E-state index in [-0.39, 0.29) is 12.7 Å². The minimum absolute atomic E-state index is 0.146. The lowest BCUT2D eigenvalue weighted by atomic mass is 9.93. The molecule has 1 aromatic carbocycles. The SMILES string of the molecule is OC1CCC(NC[C@H](O)COCc2ccccc2Cl)CC1. The maximum absolute atomic E-state index is 9.91.